The van der Waals surface area contributed by atoms with E-state index in [0.29, 0.717) is 5.69 Å². The SMILES string of the molecule is CC1(C)NC(=O)CN(c2ccc(F)cc2)C1=O. The lowest BCUT2D eigenvalue weighted by atomic mass is 10.00. The zero-order valence-electron chi connectivity index (χ0n) is 9.66. The number of carbonyl (C=O) groups excluding carboxylic acids is 2. The number of rotatable bonds is 1. The minimum Gasteiger partial charge on any atom is -0.341 e. The van der Waals surface area contributed by atoms with Crippen LogP contribution in [0, 0.1) is 5.82 Å². The van der Waals surface area contributed by atoms with Gasteiger partial charge in [-0.2, -0.15) is 0 Å². The molecule has 0 aliphatic carbocycles. The lowest BCUT2D eigenvalue weighted by molar-refractivity contribution is -0.134. The monoisotopic (exact) mass is 236 g/mol. The Morgan fingerprint density at radius 2 is 1.82 bits per heavy atom. The van der Waals surface area contributed by atoms with Gasteiger partial charge < -0.3 is 10.2 Å². The van der Waals surface area contributed by atoms with Gasteiger partial charge in [0.05, 0.1) is 0 Å². The first-order chi connectivity index (χ1) is 7.90. The molecule has 1 saturated heterocycles. The van der Waals surface area contributed by atoms with Crippen molar-refractivity contribution in [2.75, 3.05) is 11.4 Å². The zero-order chi connectivity index (χ0) is 12.6. The van der Waals surface area contributed by atoms with E-state index in [1.54, 1.807) is 13.8 Å². The van der Waals surface area contributed by atoms with Crippen LogP contribution >= 0.6 is 0 Å². The molecule has 0 radical (unpaired) electrons. The molecule has 4 nitrogen and oxygen atoms in total. The number of amides is 2. The topological polar surface area (TPSA) is 49.4 Å². The molecule has 1 heterocycles. The van der Waals surface area contributed by atoms with E-state index in [4.69, 9.17) is 0 Å². The van der Waals surface area contributed by atoms with Gasteiger partial charge in [0, 0.05) is 5.69 Å². The molecule has 1 aromatic rings. The van der Waals surface area contributed by atoms with Gasteiger partial charge in [-0.1, -0.05) is 0 Å². The van der Waals surface area contributed by atoms with E-state index >= 15 is 0 Å². The second-order valence-corrected chi connectivity index (χ2v) is 4.54. The van der Waals surface area contributed by atoms with Crippen LogP contribution in [0.25, 0.3) is 0 Å². The summed E-state index contributed by atoms with van der Waals surface area (Å²) in [6.07, 6.45) is 0. The third-order valence-corrected chi connectivity index (χ3v) is 2.67. The quantitative estimate of drug-likeness (QED) is 0.792. The lowest BCUT2D eigenvalue weighted by Gasteiger charge is -2.37. The van der Waals surface area contributed by atoms with Crippen LogP contribution in [-0.4, -0.2) is 23.9 Å². The molecule has 0 spiro atoms. The normalized spacial score (nSPS) is 19.1. The number of nitrogens with zero attached hydrogens (tertiary/aromatic N) is 1. The summed E-state index contributed by atoms with van der Waals surface area (Å²) in [6, 6.07) is 5.51. The molecular weight excluding hydrogens is 223 g/mol. The van der Waals surface area contributed by atoms with Gasteiger partial charge in [-0.3, -0.25) is 9.59 Å². The summed E-state index contributed by atoms with van der Waals surface area (Å²) < 4.78 is 12.8. The molecule has 1 aliphatic heterocycles. The fourth-order valence-electron chi connectivity index (χ4n) is 1.82. The average Bonchev–Trinajstić information content (AvgIpc) is 2.24. The molecule has 0 saturated carbocycles. The predicted molar refractivity (Wildman–Crippen MR) is 61.0 cm³/mol. The molecule has 1 fully saturated rings. The molecule has 5 heteroatoms. The maximum atomic E-state index is 12.8. The number of hydrogen-bond acceptors (Lipinski definition) is 2. The van der Waals surface area contributed by atoms with Gasteiger partial charge in [0.1, 0.15) is 17.9 Å². The Morgan fingerprint density at radius 3 is 2.41 bits per heavy atom. The van der Waals surface area contributed by atoms with E-state index in [2.05, 4.69) is 5.32 Å². The molecular formula is C12H13FN2O2. The van der Waals surface area contributed by atoms with Gasteiger partial charge in [-0.05, 0) is 38.1 Å². The van der Waals surface area contributed by atoms with Crippen LogP contribution in [-0.2, 0) is 9.59 Å². The second kappa shape index (κ2) is 3.84. The molecule has 0 atom stereocenters. The molecule has 2 amide bonds. The molecule has 0 unspecified atom stereocenters. The van der Waals surface area contributed by atoms with Crippen LogP contribution < -0.4 is 10.2 Å². The Labute approximate surface area is 98.4 Å². The van der Waals surface area contributed by atoms with E-state index in [1.807, 2.05) is 0 Å². The summed E-state index contributed by atoms with van der Waals surface area (Å²) in [5.41, 5.74) is -0.400. The summed E-state index contributed by atoms with van der Waals surface area (Å²) in [4.78, 5) is 25.0. The van der Waals surface area contributed by atoms with Crippen LogP contribution in [0.5, 0.6) is 0 Å². The zero-order valence-corrected chi connectivity index (χ0v) is 9.66. The van der Waals surface area contributed by atoms with Crippen molar-refractivity contribution >= 4 is 17.5 Å². The van der Waals surface area contributed by atoms with E-state index in [9.17, 15) is 14.0 Å². The van der Waals surface area contributed by atoms with Gasteiger partial charge in [0.2, 0.25) is 5.91 Å². The Hall–Kier alpha value is -1.91. The molecule has 2 rings (SSSR count). The maximum absolute atomic E-state index is 12.8. The number of benzene rings is 1. The first-order valence-corrected chi connectivity index (χ1v) is 5.29. The van der Waals surface area contributed by atoms with Crippen molar-refractivity contribution in [2.45, 2.75) is 19.4 Å². The first-order valence-electron chi connectivity index (χ1n) is 5.29. The fraction of sp³-hybridized carbons (Fsp3) is 0.333. The van der Waals surface area contributed by atoms with Crippen LogP contribution in [0.4, 0.5) is 10.1 Å². The van der Waals surface area contributed by atoms with Gasteiger partial charge >= 0.3 is 0 Å². The predicted octanol–water partition coefficient (Wildman–Crippen LogP) is 1.07. The standard InChI is InChI=1S/C12H13FN2O2/c1-12(2)11(17)15(7-10(16)14-12)9-5-3-8(13)4-6-9/h3-6H,7H2,1-2H3,(H,14,16). The van der Waals surface area contributed by atoms with E-state index in [-0.39, 0.29) is 24.2 Å². The Morgan fingerprint density at radius 1 is 1.24 bits per heavy atom. The molecule has 0 bridgehead atoms. The third kappa shape index (κ3) is 2.13. The van der Waals surface area contributed by atoms with Crippen LogP contribution in [0.15, 0.2) is 24.3 Å². The largest absolute Gasteiger partial charge is 0.341 e. The lowest BCUT2D eigenvalue weighted by Crippen LogP contribution is -2.64. The van der Waals surface area contributed by atoms with E-state index < -0.39 is 5.54 Å². The average molecular weight is 236 g/mol. The van der Waals surface area contributed by atoms with Crippen LogP contribution in [0.2, 0.25) is 0 Å². The highest BCUT2D eigenvalue weighted by molar-refractivity contribution is 6.08. The van der Waals surface area contributed by atoms with Gasteiger partial charge in [-0.25, -0.2) is 4.39 Å². The van der Waals surface area contributed by atoms with Crippen molar-refractivity contribution in [1.82, 2.24) is 5.32 Å². The Bertz CT molecular complexity index is 468. The number of piperazine rings is 1. The molecule has 90 valence electrons. The van der Waals surface area contributed by atoms with Crippen LogP contribution in [0.1, 0.15) is 13.8 Å². The van der Waals surface area contributed by atoms with Crippen molar-refractivity contribution < 1.29 is 14.0 Å². The molecule has 17 heavy (non-hydrogen) atoms. The second-order valence-electron chi connectivity index (χ2n) is 4.54. The van der Waals surface area contributed by atoms with Crippen molar-refractivity contribution in [3.8, 4) is 0 Å². The van der Waals surface area contributed by atoms with Gasteiger partial charge in [0.15, 0.2) is 0 Å². The molecule has 1 aromatic carbocycles. The van der Waals surface area contributed by atoms with Crippen molar-refractivity contribution in [3.63, 3.8) is 0 Å². The number of hydrogen-bond donors (Lipinski definition) is 1. The molecule has 1 aliphatic rings. The molecule has 1 N–H and O–H groups in total. The fourth-order valence-corrected chi connectivity index (χ4v) is 1.82. The number of anilines is 1. The summed E-state index contributed by atoms with van der Waals surface area (Å²) in [6.45, 7) is 3.25. The van der Waals surface area contributed by atoms with Crippen molar-refractivity contribution in [1.29, 1.82) is 0 Å². The van der Waals surface area contributed by atoms with Crippen LogP contribution in [0.3, 0.4) is 0 Å². The highest BCUT2D eigenvalue weighted by Gasteiger charge is 2.39. The summed E-state index contributed by atoms with van der Waals surface area (Å²) >= 11 is 0. The van der Waals surface area contributed by atoms with Gasteiger partial charge in [0.25, 0.3) is 5.91 Å². The van der Waals surface area contributed by atoms with E-state index in [0.717, 1.165) is 0 Å². The highest BCUT2D eigenvalue weighted by Crippen LogP contribution is 2.21. The number of carbonyl (C=O) groups is 2. The smallest absolute Gasteiger partial charge is 0.252 e. The molecule has 0 aromatic heterocycles. The summed E-state index contributed by atoms with van der Waals surface area (Å²) in [7, 11) is 0. The van der Waals surface area contributed by atoms with Crippen molar-refractivity contribution in [2.24, 2.45) is 0 Å². The van der Waals surface area contributed by atoms with Crippen molar-refractivity contribution in [3.05, 3.63) is 30.1 Å². The Kier molecular flexibility index (Phi) is 2.61. The van der Waals surface area contributed by atoms with E-state index in [1.165, 1.54) is 29.2 Å². The first kappa shape index (κ1) is 11.6. The maximum Gasteiger partial charge on any atom is 0.252 e. The third-order valence-electron chi connectivity index (χ3n) is 2.67. The summed E-state index contributed by atoms with van der Waals surface area (Å²) in [5, 5.41) is 2.61. The van der Waals surface area contributed by atoms with Gasteiger partial charge in [-0.15, -0.1) is 0 Å². The number of nitrogens with one attached hydrogen (secondary N) is 1. The number of halogens is 1. The highest BCUT2D eigenvalue weighted by atomic mass is 19.1. The Balaban J connectivity index is 2.34. The summed E-state index contributed by atoms with van der Waals surface area (Å²) in [5.74, 6) is -0.801. The minimum atomic E-state index is -0.927. The minimum absolute atomic E-state index is 0.0338.